The van der Waals surface area contributed by atoms with Crippen molar-refractivity contribution in [3.63, 3.8) is 0 Å². The van der Waals surface area contributed by atoms with Crippen LogP contribution in [0.1, 0.15) is 32.8 Å². The molecule has 1 spiro atoms. The number of carbonyl (C=O) groups excluding carboxylic acids is 3. The van der Waals surface area contributed by atoms with Crippen molar-refractivity contribution in [3.8, 4) is 5.75 Å². The van der Waals surface area contributed by atoms with Gasteiger partial charge in [0.15, 0.2) is 0 Å². The van der Waals surface area contributed by atoms with Crippen molar-refractivity contribution in [2.75, 3.05) is 6.54 Å². The van der Waals surface area contributed by atoms with Gasteiger partial charge < -0.3 is 20.5 Å². The van der Waals surface area contributed by atoms with Gasteiger partial charge in [0.05, 0.1) is 6.54 Å². The average molecular weight is 361 g/mol. The first kappa shape index (κ1) is 18.0. The van der Waals surface area contributed by atoms with Crippen LogP contribution in [-0.4, -0.2) is 46.6 Å². The van der Waals surface area contributed by atoms with Gasteiger partial charge in [0.2, 0.25) is 11.5 Å². The lowest BCUT2D eigenvalue weighted by atomic mass is 9.98. The number of nitrogens with two attached hydrogens (primary N) is 1. The van der Waals surface area contributed by atoms with Crippen molar-refractivity contribution in [1.82, 2.24) is 10.2 Å². The molecule has 0 saturated carbocycles. The van der Waals surface area contributed by atoms with Crippen molar-refractivity contribution < 1.29 is 23.9 Å². The molecule has 3 N–H and O–H groups in total. The molecule has 2 aliphatic heterocycles. The van der Waals surface area contributed by atoms with E-state index >= 15 is 0 Å². The first-order chi connectivity index (χ1) is 12.1. The van der Waals surface area contributed by atoms with E-state index in [4.69, 9.17) is 15.2 Å². The number of amides is 3. The van der Waals surface area contributed by atoms with Gasteiger partial charge in [-0.25, -0.2) is 4.79 Å². The summed E-state index contributed by atoms with van der Waals surface area (Å²) in [4.78, 5) is 38.4. The topological polar surface area (TPSA) is 111 Å². The summed E-state index contributed by atoms with van der Waals surface area (Å²) in [5, 5.41) is 2.81. The van der Waals surface area contributed by atoms with Gasteiger partial charge >= 0.3 is 6.09 Å². The maximum Gasteiger partial charge on any atom is 0.411 e. The summed E-state index contributed by atoms with van der Waals surface area (Å²) in [6.45, 7) is 5.36. The zero-order chi connectivity index (χ0) is 19.1. The third-order valence-corrected chi connectivity index (χ3v) is 4.41. The quantitative estimate of drug-likeness (QED) is 0.773. The second-order valence-corrected chi connectivity index (χ2v) is 7.62. The summed E-state index contributed by atoms with van der Waals surface area (Å²) in [6.07, 6.45) is -0.728. The summed E-state index contributed by atoms with van der Waals surface area (Å²) in [6, 6.07) is 6.27. The number of carbonyl (C=O) groups is 3. The van der Waals surface area contributed by atoms with Crippen molar-refractivity contribution in [2.45, 2.75) is 51.0 Å². The molecule has 26 heavy (non-hydrogen) atoms. The molecule has 2 heterocycles. The number of primary amides is 1. The van der Waals surface area contributed by atoms with Gasteiger partial charge in [-0.2, -0.15) is 0 Å². The Morgan fingerprint density at radius 2 is 2.04 bits per heavy atom. The molecule has 0 unspecified atom stereocenters. The number of nitrogens with zero attached hydrogens (tertiary/aromatic N) is 1. The first-order valence-electron chi connectivity index (χ1n) is 8.45. The molecule has 3 amide bonds. The SMILES string of the molecule is CC(C)(C)OC(=O)N1C[C@@]2(C[C@H]1C(N)=O)Oc1ccccc1CNC2=O. The van der Waals surface area contributed by atoms with Gasteiger partial charge in [-0.05, 0) is 26.8 Å². The fourth-order valence-corrected chi connectivity index (χ4v) is 3.22. The fourth-order valence-electron chi connectivity index (χ4n) is 3.22. The van der Waals surface area contributed by atoms with Crippen LogP contribution in [-0.2, 0) is 20.9 Å². The average Bonchev–Trinajstić information content (AvgIpc) is 2.87. The minimum atomic E-state index is -1.39. The van der Waals surface area contributed by atoms with E-state index < -0.39 is 29.2 Å². The largest absolute Gasteiger partial charge is 0.475 e. The van der Waals surface area contributed by atoms with Gasteiger partial charge in [-0.15, -0.1) is 0 Å². The Kier molecular flexibility index (Phi) is 4.29. The molecule has 8 nitrogen and oxygen atoms in total. The lowest BCUT2D eigenvalue weighted by molar-refractivity contribution is -0.135. The number of hydrogen-bond acceptors (Lipinski definition) is 5. The maximum atomic E-state index is 12.8. The number of para-hydroxylation sites is 1. The third kappa shape index (κ3) is 3.31. The van der Waals surface area contributed by atoms with E-state index in [-0.39, 0.29) is 18.9 Å². The maximum absolute atomic E-state index is 12.8. The molecule has 3 rings (SSSR count). The second-order valence-electron chi connectivity index (χ2n) is 7.62. The van der Waals surface area contributed by atoms with Crippen LogP contribution in [0.3, 0.4) is 0 Å². The van der Waals surface area contributed by atoms with Crippen LogP contribution < -0.4 is 15.8 Å². The third-order valence-electron chi connectivity index (χ3n) is 4.41. The van der Waals surface area contributed by atoms with Gasteiger partial charge in [-0.1, -0.05) is 18.2 Å². The Bertz CT molecular complexity index is 757. The standard InChI is InChI=1S/C18H23N3O5/c1-17(2,3)26-16(24)21-10-18(8-12(21)14(19)22)15(23)20-9-11-6-4-5-7-13(11)25-18/h4-7,12H,8-10H2,1-3H3,(H2,19,22)(H,20,23)/t12-,18+/m0/s1. The van der Waals surface area contributed by atoms with Gasteiger partial charge in [-0.3, -0.25) is 14.5 Å². The number of nitrogens with one attached hydrogen (secondary N) is 1. The summed E-state index contributed by atoms with van der Waals surface area (Å²) >= 11 is 0. The van der Waals surface area contributed by atoms with Crippen LogP contribution in [0.5, 0.6) is 5.75 Å². The number of rotatable bonds is 1. The van der Waals surface area contributed by atoms with E-state index in [1.807, 2.05) is 12.1 Å². The summed E-state index contributed by atoms with van der Waals surface area (Å²) in [5.41, 5.74) is 4.18. The Morgan fingerprint density at radius 1 is 1.35 bits per heavy atom. The Morgan fingerprint density at radius 3 is 2.69 bits per heavy atom. The van der Waals surface area contributed by atoms with Gasteiger partial charge in [0.1, 0.15) is 17.4 Å². The summed E-state index contributed by atoms with van der Waals surface area (Å²) < 4.78 is 11.4. The smallest absolute Gasteiger partial charge is 0.411 e. The van der Waals surface area contributed by atoms with E-state index in [1.54, 1.807) is 32.9 Å². The van der Waals surface area contributed by atoms with Crippen LogP contribution in [0, 0.1) is 0 Å². The molecule has 1 aromatic carbocycles. The predicted molar refractivity (Wildman–Crippen MR) is 92.2 cm³/mol. The van der Waals surface area contributed by atoms with Crippen molar-refractivity contribution >= 4 is 17.9 Å². The molecule has 0 aromatic heterocycles. The molecule has 1 aromatic rings. The van der Waals surface area contributed by atoms with Gasteiger partial charge in [0.25, 0.3) is 5.91 Å². The first-order valence-corrected chi connectivity index (χ1v) is 8.45. The molecule has 1 fully saturated rings. The van der Waals surface area contributed by atoms with Crippen molar-refractivity contribution in [2.24, 2.45) is 5.73 Å². The summed E-state index contributed by atoms with van der Waals surface area (Å²) in [5.74, 6) is -0.548. The molecule has 140 valence electrons. The molecule has 2 atom stereocenters. The van der Waals surface area contributed by atoms with Crippen LogP contribution >= 0.6 is 0 Å². The van der Waals surface area contributed by atoms with Gasteiger partial charge in [0, 0.05) is 18.5 Å². The van der Waals surface area contributed by atoms with Crippen molar-refractivity contribution in [3.05, 3.63) is 29.8 Å². The Hall–Kier alpha value is -2.77. The highest BCUT2D eigenvalue weighted by Gasteiger charge is 2.56. The highest BCUT2D eigenvalue weighted by Crippen LogP contribution is 2.36. The van der Waals surface area contributed by atoms with E-state index in [1.165, 1.54) is 4.90 Å². The van der Waals surface area contributed by atoms with Crippen LogP contribution in [0.2, 0.25) is 0 Å². The van der Waals surface area contributed by atoms with Crippen molar-refractivity contribution in [1.29, 1.82) is 0 Å². The lowest BCUT2D eigenvalue weighted by Crippen LogP contribution is -2.52. The second kappa shape index (κ2) is 6.19. The molecule has 0 radical (unpaired) electrons. The molecule has 0 aliphatic carbocycles. The highest BCUT2D eigenvalue weighted by molar-refractivity contribution is 5.92. The number of fused-ring (bicyclic) bond motifs is 1. The summed E-state index contributed by atoms with van der Waals surface area (Å²) in [7, 11) is 0. The fraction of sp³-hybridized carbons (Fsp3) is 0.500. The van der Waals surface area contributed by atoms with Crippen LogP contribution in [0.25, 0.3) is 0 Å². The zero-order valence-electron chi connectivity index (χ0n) is 15.1. The number of hydrogen-bond donors (Lipinski definition) is 2. The zero-order valence-corrected chi connectivity index (χ0v) is 15.1. The monoisotopic (exact) mass is 361 g/mol. The normalized spacial score (nSPS) is 25.1. The molecule has 0 bridgehead atoms. The van der Waals surface area contributed by atoms with E-state index in [0.717, 1.165) is 5.56 Å². The molecular formula is C18H23N3O5. The van der Waals surface area contributed by atoms with E-state index in [2.05, 4.69) is 5.32 Å². The molecule has 8 heteroatoms. The Labute approximate surface area is 151 Å². The number of likely N-dealkylation sites (tertiary alicyclic amines) is 1. The highest BCUT2D eigenvalue weighted by atomic mass is 16.6. The molecule has 2 aliphatic rings. The lowest BCUT2D eigenvalue weighted by Gasteiger charge is -2.28. The van der Waals surface area contributed by atoms with Crippen LogP contribution in [0.15, 0.2) is 24.3 Å². The predicted octanol–water partition coefficient (Wildman–Crippen LogP) is 0.929. The minimum absolute atomic E-state index is 0.0260. The van der Waals surface area contributed by atoms with Crippen LogP contribution in [0.4, 0.5) is 4.79 Å². The van der Waals surface area contributed by atoms with E-state index in [9.17, 15) is 14.4 Å². The number of ether oxygens (including phenoxy) is 2. The number of benzene rings is 1. The van der Waals surface area contributed by atoms with E-state index in [0.29, 0.717) is 12.3 Å². The molecular weight excluding hydrogens is 338 g/mol. The molecule has 1 saturated heterocycles. The Balaban J connectivity index is 1.94. The minimum Gasteiger partial charge on any atom is -0.475 e.